The van der Waals surface area contributed by atoms with Gasteiger partial charge in [-0.15, -0.1) is 13.2 Å². The van der Waals surface area contributed by atoms with Gasteiger partial charge in [-0.2, -0.15) is 0 Å². The number of ether oxygens (including phenoxy) is 2. The monoisotopic (exact) mass is 588 g/mol. The molecule has 0 spiro atoms. The highest BCUT2D eigenvalue weighted by Gasteiger charge is 2.61. The standard InChI is InChI=1S/C26H35F11O2/c1-11-2-3-21(38-10-11)12-4-15(27)22(16(28)5-12)13-6-17(29)23(18(30)7-13)25(33,34)14-8-19(31)24(20(32)9-14)39-26(35,36)37/h11-24H,2-10H2,1H3. The van der Waals surface area contributed by atoms with Crippen molar-refractivity contribution in [3.63, 3.8) is 0 Å². The first-order valence-corrected chi connectivity index (χ1v) is 13.7. The van der Waals surface area contributed by atoms with Crippen LogP contribution >= 0.6 is 0 Å². The fraction of sp³-hybridized carbons (Fsp3) is 1.00. The lowest BCUT2D eigenvalue weighted by atomic mass is 9.63. The molecule has 39 heavy (non-hydrogen) atoms. The van der Waals surface area contributed by atoms with E-state index in [4.69, 9.17) is 4.74 Å². The molecule has 0 bridgehead atoms. The Bertz CT molecular complexity index is 769. The zero-order valence-electron chi connectivity index (χ0n) is 21.4. The lowest BCUT2D eigenvalue weighted by molar-refractivity contribution is -0.360. The minimum atomic E-state index is -5.40. The summed E-state index contributed by atoms with van der Waals surface area (Å²) in [7, 11) is 0. The van der Waals surface area contributed by atoms with Crippen molar-refractivity contribution in [2.45, 2.75) is 120 Å². The van der Waals surface area contributed by atoms with Gasteiger partial charge in [0.25, 0.3) is 5.92 Å². The maximum atomic E-state index is 15.3. The molecule has 0 aromatic rings. The average Bonchev–Trinajstić information content (AvgIpc) is 2.80. The first kappa shape index (κ1) is 31.1. The Kier molecular flexibility index (Phi) is 9.41. The summed E-state index contributed by atoms with van der Waals surface area (Å²) in [6.45, 7) is 2.48. The molecule has 4 rings (SSSR count). The molecule has 228 valence electrons. The van der Waals surface area contributed by atoms with E-state index in [1.54, 1.807) is 0 Å². The molecule has 0 aromatic carbocycles. The van der Waals surface area contributed by atoms with Gasteiger partial charge in [-0.1, -0.05) is 6.92 Å². The molecule has 13 heteroatoms. The Morgan fingerprint density at radius 1 is 0.641 bits per heavy atom. The van der Waals surface area contributed by atoms with Crippen molar-refractivity contribution in [2.24, 2.45) is 35.5 Å². The van der Waals surface area contributed by atoms with Crippen molar-refractivity contribution in [2.75, 3.05) is 6.61 Å². The average molecular weight is 589 g/mol. The smallest absolute Gasteiger partial charge is 0.378 e. The molecule has 3 saturated carbocycles. The van der Waals surface area contributed by atoms with E-state index in [-0.39, 0.29) is 18.9 Å². The van der Waals surface area contributed by atoms with Crippen LogP contribution in [0.3, 0.4) is 0 Å². The predicted molar refractivity (Wildman–Crippen MR) is 119 cm³/mol. The molecule has 0 radical (unpaired) electrons. The molecule has 2 nitrogen and oxygen atoms in total. The van der Waals surface area contributed by atoms with Gasteiger partial charge >= 0.3 is 6.36 Å². The van der Waals surface area contributed by atoms with Gasteiger partial charge in [-0.25, -0.2) is 35.1 Å². The Balaban J connectivity index is 1.39. The molecule has 3 aliphatic carbocycles. The summed E-state index contributed by atoms with van der Waals surface area (Å²) in [5, 5.41) is 0. The van der Waals surface area contributed by atoms with Gasteiger partial charge in [0.1, 0.15) is 43.1 Å². The van der Waals surface area contributed by atoms with Crippen LogP contribution in [0.15, 0.2) is 0 Å². The topological polar surface area (TPSA) is 18.5 Å². The Morgan fingerprint density at radius 3 is 1.62 bits per heavy atom. The van der Waals surface area contributed by atoms with Crippen molar-refractivity contribution >= 4 is 0 Å². The van der Waals surface area contributed by atoms with E-state index < -0.39 is 111 Å². The lowest BCUT2D eigenvalue weighted by Crippen LogP contribution is -2.56. The van der Waals surface area contributed by atoms with Crippen LogP contribution in [0.25, 0.3) is 0 Å². The van der Waals surface area contributed by atoms with E-state index in [1.807, 2.05) is 6.92 Å². The molecule has 4 aliphatic rings. The third-order valence-corrected chi connectivity index (χ3v) is 9.33. The summed E-state index contributed by atoms with van der Waals surface area (Å²) in [4.78, 5) is 0. The molecule has 1 saturated heterocycles. The third-order valence-electron chi connectivity index (χ3n) is 9.33. The van der Waals surface area contributed by atoms with Crippen LogP contribution in [0.5, 0.6) is 0 Å². The van der Waals surface area contributed by atoms with Crippen molar-refractivity contribution in [3.8, 4) is 0 Å². The van der Waals surface area contributed by atoms with E-state index in [2.05, 4.69) is 4.74 Å². The molecule has 1 heterocycles. The van der Waals surface area contributed by atoms with E-state index in [0.29, 0.717) is 18.9 Å². The second kappa shape index (κ2) is 11.8. The van der Waals surface area contributed by atoms with Gasteiger partial charge in [0, 0.05) is 18.4 Å². The number of alkyl halides is 11. The molecule has 1 aliphatic heterocycles. The Morgan fingerprint density at radius 2 is 1.15 bits per heavy atom. The van der Waals surface area contributed by atoms with Gasteiger partial charge in [0.2, 0.25) is 0 Å². The first-order chi connectivity index (χ1) is 18.1. The zero-order chi connectivity index (χ0) is 28.9. The van der Waals surface area contributed by atoms with Gasteiger partial charge < -0.3 is 4.74 Å². The van der Waals surface area contributed by atoms with Crippen LogP contribution in [0.1, 0.15) is 58.3 Å². The summed E-state index contributed by atoms with van der Waals surface area (Å²) in [6, 6.07) is 0. The van der Waals surface area contributed by atoms with Crippen LogP contribution in [0.4, 0.5) is 48.3 Å². The minimum absolute atomic E-state index is 0.0624. The summed E-state index contributed by atoms with van der Waals surface area (Å²) >= 11 is 0. The van der Waals surface area contributed by atoms with Crippen molar-refractivity contribution in [3.05, 3.63) is 0 Å². The molecule has 4 fully saturated rings. The van der Waals surface area contributed by atoms with E-state index in [1.165, 1.54) is 0 Å². The zero-order valence-corrected chi connectivity index (χ0v) is 21.4. The number of hydrogen-bond acceptors (Lipinski definition) is 2. The molecular weight excluding hydrogens is 553 g/mol. The van der Waals surface area contributed by atoms with Crippen LogP contribution in [0.2, 0.25) is 0 Å². The van der Waals surface area contributed by atoms with Crippen LogP contribution < -0.4 is 0 Å². The Hall–Kier alpha value is -0.850. The fourth-order valence-electron chi connectivity index (χ4n) is 7.40. The number of rotatable bonds is 5. The quantitative estimate of drug-likeness (QED) is 0.305. The normalized spacial score (nSPS) is 48.6. The minimum Gasteiger partial charge on any atom is -0.378 e. The summed E-state index contributed by atoms with van der Waals surface area (Å²) in [5.74, 6) is -11.9. The van der Waals surface area contributed by atoms with Crippen LogP contribution in [-0.4, -0.2) is 68.1 Å². The molecular formula is C26H35F11O2. The third kappa shape index (κ3) is 6.80. The summed E-state index contributed by atoms with van der Waals surface area (Å²) < 4.78 is 166. The van der Waals surface area contributed by atoms with Gasteiger partial charge in [0.15, 0.2) is 0 Å². The molecule has 0 amide bonds. The van der Waals surface area contributed by atoms with E-state index in [0.717, 1.165) is 6.42 Å². The predicted octanol–water partition coefficient (Wildman–Crippen LogP) is 7.83. The highest BCUT2D eigenvalue weighted by molar-refractivity contribution is 5.04. The second-order valence-electron chi connectivity index (χ2n) is 12.1. The highest BCUT2D eigenvalue weighted by atomic mass is 19.4. The van der Waals surface area contributed by atoms with Crippen molar-refractivity contribution in [1.29, 1.82) is 0 Å². The SMILES string of the molecule is CC1CCC(C2CC(F)C(C3CC(F)C(C(F)(F)C4CC(F)C(OC(F)(F)F)C(F)C4)C(F)C3)C(F)C2)OC1. The number of hydrogen-bond donors (Lipinski definition) is 0. The highest BCUT2D eigenvalue weighted by Crippen LogP contribution is 2.53. The van der Waals surface area contributed by atoms with Gasteiger partial charge in [-0.3, -0.25) is 4.74 Å². The van der Waals surface area contributed by atoms with E-state index in [9.17, 15) is 22.0 Å². The molecule has 8 atom stereocenters. The first-order valence-electron chi connectivity index (χ1n) is 13.7. The Labute approximate surface area is 220 Å². The maximum Gasteiger partial charge on any atom is 0.522 e. The van der Waals surface area contributed by atoms with E-state index >= 15 is 26.3 Å². The van der Waals surface area contributed by atoms with Crippen molar-refractivity contribution < 1.29 is 57.8 Å². The maximum absolute atomic E-state index is 15.3. The molecule has 8 unspecified atom stereocenters. The largest absolute Gasteiger partial charge is 0.522 e. The second-order valence-corrected chi connectivity index (χ2v) is 12.1. The molecule has 0 aromatic heterocycles. The summed E-state index contributed by atoms with van der Waals surface area (Å²) in [5.41, 5.74) is 0. The van der Waals surface area contributed by atoms with Gasteiger partial charge in [0.05, 0.1) is 12.0 Å². The number of halogens is 11. The van der Waals surface area contributed by atoms with Gasteiger partial charge in [-0.05, 0) is 69.1 Å². The summed E-state index contributed by atoms with van der Waals surface area (Å²) in [6.07, 6.45) is -25.2. The lowest BCUT2D eigenvalue weighted by Gasteiger charge is -2.48. The molecule has 0 N–H and O–H groups in total. The van der Waals surface area contributed by atoms with Crippen molar-refractivity contribution in [1.82, 2.24) is 0 Å². The fourth-order valence-corrected chi connectivity index (χ4v) is 7.40. The van der Waals surface area contributed by atoms with Crippen LogP contribution in [-0.2, 0) is 9.47 Å². The van der Waals surface area contributed by atoms with Crippen LogP contribution in [0, 0.1) is 35.5 Å².